The Kier molecular flexibility index (Phi) is 7.84. The van der Waals surface area contributed by atoms with Gasteiger partial charge in [0.05, 0.1) is 20.8 Å². The number of rotatable bonds is 8. The highest BCUT2D eigenvalue weighted by atomic mass is 31.2. The van der Waals surface area contributed by atoms with Gasteiger partial charge < -0.3 is 0 Å². The van der Waals surface area contributed by atoms with E-state index in [4.69, 9.17) is 0 Å². The maximum atomic E-state index is 2.89. The van der Waals surface area contributed by atoms with Crippen LogP contribution in [0.25, 0.3) is 0 Å². The lowest BCUT2D eigenvalue weighted by molar-refractivity contribution is 0.255. The molecule has 0 radical (unpaired) electrons. The zero-order chi connectivity index (χ0) is 20.8. The van der Waals surface area contributed by atoms with Crippen LogP contribution in [-0.2, 0) is 0 Å². The summed E-state index contributed by atoms with van der Waals surface area (Å²) in [6.45, 7) is 34.4. The van der Waals surface area contributed by atoms with Gasteiger partial charge in [-0.15, -0.1) is 0 Å². The summed E-state index contributed by atoms with van der Waals surface area (Å²) < 4.78 is 6.20. The first-order valence-corrected chi connectivity index (χ1v) is 16.1. The van der Waals surface area contributed by atoms with Gasteiger partial charge in [0.25, 0.3) is 0 Å². The molecule has 1 unspecified atom stereocenters. The highest BCUT2D eigenvalue weighted by Gasteiger charge is 2.66. The van der Waals surface area contributed by atoms with Crippen LogP contribution in [0.5, 0.6) is 0 Å². The van der Waals surface area contributed by atoms with Crippen LogP contribution >= 0.6 is 16.4 Å². The van der Waals surface area contributed by atoms with E-state index in [-0.39, 0.29) is 0 Å². The van der Waals surface area contributed by atoms with Crippen molar-refractivity contribution in [3.63, 3.8) is 0 Å². The largest absolute Gasteiger partial charge is 0.264 e. The van der Waals surface area contributed by atoms with Crippen LogP contribution in [0.1, 0.15) is 76.2 Å². The molecule has 0 aromatic carbocycles. The Labute approximate surface area is 169 Å². The van der Waals surface area contributed by atoms with Crippen molar-refractivity contribution < 1.29 is 0 Å². The average molecular weight is 417 g/mol. The molecule has 5 heteroatoms. The van der Waals surface area contributed by atoms with Gasteiger partial charge in [-0.25, -0.2) is 0 Å². The van der Waals surface area contributed by atoms with Crippen molar-refractivity contribution in [3.8, 4) is 0 Å². The molecule has 0 N–H and O–H groups in total. The first-order chi connectivity index (χ1) is 11.5. The van der Waals surface area contributed by atoms with E-state index in [1.807, 2.05) is 5.29 Å². The van der Waals surface area contributed by atoms with Crippen molar-refractivity contribution in [3.05, 3.63) is 0 Å². The summed E-state index contributed by atoms with van der Waals surface area (Å²) in [7, 11) is -0.160. The smallest absolute Gasteiger partial charge is 0.0758 e. The first kappa shape index (κ1) is 24.8. The summed E-state index contributed by atoms with van der Waals surface area (Å²) in [4.78, 5) is 0. The van der Waals surface area contributed by atoms with Crippen molar-refractivity contribution in [2.24, 2.45) is 5.41 Å². The Bertz CT molecular complexity index is 479. The molecule has 1 aliphatic heterocycles. The van der Waals surface area contributed by atoms with E-state index in [9.17, 15) is 0 Å². The van der Waals surface area contributed by atoms with Gasteiger partial charge in [0, 0.05) is 24.2 Å². The van der Waals surface area contributed by atoms with Gasteiger partial charge in [0.1, 0.15) is 0 Å². The molecule has 154 valence electrons. The van der Waals surface area contributed by atoms with E-state index in [1.165, 1.54) is 0 Å². The Morgan fingerprint density at radius 2 is 1.08 bits per heavy atom. The van der Waals surface area contributed by atoms with Gasteiger partial charge in [-0.2, -0.15) is 0 Å². The second kappa shape index (κ2) is 8.23. The zero-order valence-corrected chi connectivity index (χ0v) is 22.9. The summed E-state index contributed by atoms with van der Waals surface area (Å²) >= 11 is 0. The maximum absolute atomic E-state index is 2.89. The molecule has 0 saturated heterocycles. The van der Waals surface area contributed by atoms with E-state index in [0.717, 1.165) is 0 Å². The fourth-order valence-corrected chi connectivity index (χ4v) is 16.8. The topological polar surface area (TPSA) is 6.48 Å². The van der Waals surface area contributed by atoms with Gasteiger partial charge in [-0.05, 0) is 66.1 Å². The Balaban J connectivity index is 3.67. The third-order valence-electron chi connectivity index (χ3n) is 5.15. The lowest BCUT2D eigenvalue weighted by atomic mass is 9.93. The quantitative estimate of drug-likeness (QED) is 0.303. The van der Waals surface area contributed by atoms with E-state index < -0.39 is 16.3 Å². The summed E-state index contributed by atoms with van der Waals surface area (Å²) in [5.41, 5.74) is 0.307. The summed E-state index contributed by atoms with van der Waals surface area (Å²) in [5.74, 6) is 0. The van der Waals surface area contributed by atoms with Gasteiger partial charge >= 0.3 is 0 Å². The standard InChI is InChI=1S/C21H46N2P2Si/c1-15(2)22(16(3)4)25(23(17(5)6)18(7)8)21(26(12,13)14)19(24-21)20(9,10)11/h15-18H,1-14H3. The van der Waals surface area contributed by atoms with Gasteiger partial charge in [-0.1, -0.05) is 48.6 Å². The maximum Gasteiger partial charge on any atom is 0.0758 e. The van der Waals surface area contributed by atoms with E-state index in [2.05, 4.69) is 105 Å². The third-order valence-corrected chi connectivity index (χ3v) is 18.8. The second-order valence-corrected chi connectivity index (χ2v) is 21.0. The van der Waals surface area contributed by atoms with Gasteiger partial charge in [0.15, 0.2) is 0 Å². The molecule has 0 spiro atoms. The Morgan fingerprint density at radius 3 is 1.23 bits per heavy atom. The minimum absolute atomic E-state index is 0.307. The molecule has 0 fully saturated rings. The fourth-order valence-electron chi connectivity index (χ4n) is 4.31. The van der Waals surface area contributed by atoms with E-state index in [1.54, 1.807) is 8.20 Å². The molecule has 0 amide bonds. The van der Waals surface area contributed by atoms with Crippen LogP contribution in [0, 0.1) is 5.41 Å². The van der Waals surface area contributed by atoms with Crippen LogP contribution < -0.4 is 0 Å². The van der Waals surface area contributed by atoms with Crippen LogP contribution in [0.3, 0.4) is 0 Å². The second-order valence-electron chi connectivity index (χ2n) is 11.1. The molecule has 0 aromatic heterocycles. The van der Waals surface area contributed by atoms with Gasteiger partial charge in [0.2, 0.25) is 0 Å². The predicted molar refractivity (Wildman–Crippen MR) is 129 cm³/mol. The summed E-state index contributed by atoms with van der Waals surface area (Å²) in [5, 5.41) is 1.83. The molecule has 2 nitrogen and oxygen atoms in total. The molecule has 1 heterocycles. The van der Waals surface area contributed by atoms with Crippen molar-refractivity contribution >= 4 is 29.8 Å². The summed E-state index contributed by atoms with van der Waals surface area (Å²) in [6.07, 6.45) is 0. The lowest BCUT2D eigenvalue weighted by Crippen LogP contribution is -2.56. The molecule has 0 saturated carbocycles. The van der Waals surface area contributed by atoms with Crippen LogP contribution in [-0.4, -0.2) is 51.4 Å². The van der Waals surface area contributed by atoms with Crippen molar-refractivity contribution in [2.45, 2.75) is 124 Å². The molecule has 26 heavy (non-hydrogen) atoms. The van der Waals surface area contributed by atoms with Crippen LogP contribution in [0.4, 0.5) is 0 Å². The molecule has 1 aliphatic rings. The molecular weight excluding hydrogens is 370 g/mol. The number of hydrogen-bond donors (Lipinski definition) is 0. The first-order valence-electron chi connectivity index (χ1n) is 10.5. The predicted octanol–water partition coefficient (Wildman–Crippen LogP) is 7.29. The molecule has 0 aromatic rings. The highest BCUT2D eigenvalue weighted by Crippen LogP contribution is 2.76. The zero-order valence-electron chi connectivity index (χ0n) is 20.1. The fraction of sp³-hybridized carbons (Fsp3) is 0.952. The molecule has 0 bridgehead atoms. The van der Waals surface area contributed by atoms with Gasteiger partial charge in [-0.3, -0.25) is 9.34 Å². The Morgan fingerprint density at radius 1 is 0.769 bits per heavy atom. The van der Waals surface area contributed by atoms with E-state index >= 15 is 0 Å². The Hall–Kier alpha value is 0.737. The van der Waals surface area contributed by atoms with E-state index in [0.29, 0.717) is 34.1 Å². The average Bonchev–Trinajstić information content (AvgIpc) is 3.11. The lowest BCUT2D eigenvalue weighted by Gasteiger charge is -2.54. The normalized spacial score (nSPS) is 22.6. The third kappa shape index (κ3) is 4.65. The van der Waals surface area contributed by atoms with Crippen molar-refractivity contribution in [1.29, 1.82) is 0 Å². The molecule has 1 atom stereocenters. The monoisotopic (exact) mass is 416 g/mol. The van der Waals surface area contributed by atoms with Crippen LogP contribution in [0.2, 0.25) is 19.6 Å². The minimum atomic E-state index is -1.42. The van der Waals surface area contributed by atoms with Crippen molar-refractivity contribution in [2.75, 3.05) is 0 Å². The number of hydrogen-bond acceptors (Lipinski definition) is 2. The highest BCUT2D eigenvalue weighted by molar-refractivity contribution is 7.84. The summed E-state index contributed by atoms with van der Waals surface area (Å²) in [6, 6.07) is 2.30. The van der Waals surface area contributed by atoms with Crippen molar-refractivity contribution in [1.82, 2.24) is 9.34 Å². The van der Waals surface area contributed by atoms with Crippen LogP contribution in [0.15, 0.2) is 0 Å². The molecular formula is C21H46N2P2Si. The molecule has 0 aliphatic carbocycles. The molecule has 1 rings (SSSR count). The SMILES string of the molecule is CC(C)N(C(C)C)P(N(C(C)C)C(C)C)C1([Si](C)(C)C)P=C1C(C)(C)C. The minimum Gasteiger partial charge on any atom is -0.264 e. The number of nitrogens with zero attached hydrogens (tertiary/aromatic N) is 2.